The van der Waals surface area contributed by atoms with Crippen molar-refractivity contribution in [3.05, 3.63) is 65.2 Å². The van der Waals surface area contributed by atoms with Gasteiger partial charge < -0.3 is 5.11 Å². The lowest BCUT2D eigenvalue weighted by Crippen LogP contribution is -1.96. The van der Waals surface area contributed by atoms with E-state index in [1.165, 1.54) is 12.1 Å². The maximum atomic E-state index is 13.3. The lowest BCUT2D eigenvalue weighted by atomic mass is 9.98. The van der Waals surface area contributed by atoms with Crippen LogP contribution in [0.3, 0.4) is 0 Å². The molecule has 0 aromatic heterocycles. The molecule has 0 radical (unpaired) electrons. The summed E-state index contributed by atoms with van der Waals surface area (Å²) in [6.45, 7) is 0. The highest BCUT2D eigenvalue weighted by Crippen LogP contribution is 2.26. The monoisotopic (exact) mass is 334 g/mol. The number of aliphatic carboxylic acids is 1. The van der Waals surface area contributed by atoms with E-state index in [2.05, 4.69) is 0 Å². The van der Waals surface area contributed by atoms with Crippen molar-refractivity contribution in [2.45, 2.75) is 17.7 Å². The zero-order valence-corrected chi connectivity index (χ0v) is 13.4. The summed E-state index contributed by atoms with van der Waals surface area (Å²) >= 11 is 1.60. The Morgan fingerprint density at radius 1 is 1.09 bits per heavy atom. The Balaban J connectivity index is 2.38. The van der Waals surface area contributed by atoms with Crippen molar-refractivity contribution in [1.82, 2.24) is 0 Å². The molecule has 0 aliphatic carbocycles. The number of carboxylic acids is 1. The smallest absolute Gasteiger partial charge is 0.303 e. The third-order valence-corrected chi connectivity index (χ3v) is 4.04. The molecule has 0 amide bonds. The molecule has 0 heterocycles. The first kappa shape index (κ1) is 17.2. The molecule has 0 atom stereocenters. The first-order valence-corrected chi connectivity index (χ1v) is 8.23. The zero-order chi connectivity index (χ0) is 16.8. The molecule has 0 saturated carbocycles. The van der Waals surface area contributed by atoms with Crippen LogP contribution in [0.5, 0.6) is 0 Å². The van der Waals surface area contributed by atoms with Crippen LogP contribution in [0.25, 0.3) is 11.6 Å². The lowest BCUT2D eigenvalue weighted by Gasteiger charge is -2.08. The van der Waals surface area contributed by atoms with E-state index in [0.717, 1.165) is 22.1 Å². The number of hydrogen-bond acceptors (Lipinski definition) is 2. The number of carbonyl (C=O) groups is 1. The van der Waals surface area contributed by atoms with Gasteiger partial charge in [0, 0.05) is 17.4 Å². The molecular formula is C18H16F2O2S. The number of halogens is 2. The van der Waals surface area contributed by atoms with Crippen molar-refractivity contribution in [1.29, 1.82) is 0 Å². The second-order valence-corrected chi connectivity index (χ2v) is 5.87. The van der Waals surface area contributed by atoms with Gasteiger partial charge in [0.1, 0.15) is 11.6 Å². The van der Waals surface area contributed by atoms with E-state index in [9.17, 15) is 13.6 Å². The van der Waals surface area contributed by atoms with Crippen LogP contribution in [-0.2, 0) is 4.79 Å². The Morgan fingerprint density at radius 2 is 1.70 bits per heavy atom. The molecule has 0 spiro atoms. The summed E-state index contributed by atoms with van der Waals surface area (Å²) in [5.74, 6) is -2.24. The average molecular weight is 334 g/mol. The van der Waals surface area contributed by atoms with E-state index in [1.54, 1.807) is 17.8 Å². The highest BCUT2D eigenvalue weighted by molar-refractivity contribution is 7.98. The van der Waals surface area contributed by atoms with Gasteiger partial charge in [-0.2, -0.15) is 0 Å². The van der Waals surface area contributed by atoms with E-state index in [4.69, 9.17) is 5.11 Å². The molecule has 23 heavy (non-hydrogen) atoms. The summed E-state index contributed by atoms with van der Waals surface area (Å²) in [6.07, 6.45) is 3.83. The largest absolute Gasteiger partial charge is 0.481 e. The average Bonchev–Trinajstić information content (AvgIpc) is 2.50. The van der Waals surface area contributed by atoms with Gasteiger partial charge in [-0.05, 0) is 53.6 Å². The van der Waals surface area contributed by atoms with Crippen LogP contribution in [0.2, 0.25) is 0 Å². The third-order valence-electron chi connectivity index (χ3n) is 3.29. The zero-order valence-electron chi connectivity index (χ0n) is 12.6. The topological polar surface area (TPSA) is 37.3 Å². The summed E-state index contributed by atoms with van der Waals surface area (Å²) in [7, 11) is 0. The maximum absolute atomic E-state index is 13.3. The van der Waals surface area contributed by atoms with Crippen LogP contribution in [0.4, 0.5) is 8.78 Å². The van der Waals surface area contributed by atoms with Gasteiger partial charge in [0.2, 0.25) is 0 Å². The van der Waals surface area contributed by atoms with Gasteiger partial charge in [0.05, 0.1) is 0 Å². The Hall–Kier alpha value is -2.14. The second kappa shape index (κ2) is 7.92. The van der Waals surface area contributed by atoms with E-state index < -0.39 is 17.6 Å². The van der Waals surface area contributed by atoms with Gasteiger partial charge in [-0.25, -0.2) is 8.78 Å². The second-order valence-electron chi connectivity index (χ2n) is 4.99. The third kappa shape index (κ3) is 5.21. The summed E-state index contributed by atoms with van der Waals surface area (Å²) in [6, 6.07) is 10.9. The predicted octanol–water partition coefficient (Wildman–Crippen LogP) is 5.09. The van der Waals surface area contributed by atoms with E-state index in [1.807, 2.05) is 30.5 Å². The normalized spacial score (nSPS) is 11.5. The Bertz CT molecular complexity index is 704. The number of thioether (sulfide) groups is 1. The fourth-order valence-corrected chi connectivity index (χ4v) is 2.61. The van der Waals surface area contributed by atoms with Crippen molar-refractivity contribution < 1.29 is 18.7 Å². The molecule has 0 unspecified atom stereocenters. The Morgan fingerprint density at radius 3 is 2.22 bits per heavy atom. The molecule has 2 aromatic carbocycles. The van der Waals surface area contributed by atoms with E-state index >= 15 is 0 Å². The number of hydrogen-bond donors (Lipinski definition) is 1. The van der Waals surface area contributed by atoms with Crippen molar-refractivity contribution in [2.24, 2.45) is 0 Å². The van der Waals surface area contributed by atoms with Gasteiger partial charge in [-0.3, -0.25) is 4.79 Å². The molecule has 0 fully saturated rings. The van der Waals surface area contributed by atoms with Crippen LogP contribution in [0.1, 0.15) is 24.0 Å². The number of rotatable bonds is 6. The minimum Gasteiger partial charge on any atom is -0.481 e. The molecule has 2 aromatic rings. The van der Waals surface area contributed by atoms with Crippen molar-refractivity contribution in [2.75, 3.05) is 6.26 Å². The summed E-state index contributed by atoms with van der Waals surface area (Å²) in [5, 5.41) is 8.90. The number of carboxylic acid groups (broad SMARTS) is 1. The summed E-state index contributed by atoms with van der Waals surface area (Å²) in [5.41, 5.74) is 1.94. The van der Waals surface area contributed by atoms with Crippen LogP contribution in [-0.4, -0.2) is 17.3 Å². The van der Waals surface area contributed by atoms with Gasteiger partial charge in [0.25, 0.3) is 0 Å². The molecule has 0 aliphatic heterocycles. The highest BCUT2D eigenvalue weighted by atomic mass is 32.2. The molecular weight excluding hydrogens is 318 g/mol. The minimum atomic E-state index is -0.915. The van der Waals surface area contributed by atoms with Crippen LogP contribution in [0, 0.1) is 11.6 Å². The van der Waals surface area contributed by atoms with Crippen LogP contribution >= 0.6 is 11.8 Å². The van der Waals surface area contributed by atoms with E-state index in [0.29, 0.717) is 5.56 Å². The fraction of sp³-hybridized carbons (Fsp3) is 0.167. The summed E-state index contributed by atoms with van der Waals surface area (Å²) in [4.78, 5) is 11.9. The van der Waals surface area contributed by atoms with Gasteiger partial charge in [0.15, 0.2) is 0 Å². The Labute approximate surface area is 137 Å². The molecule has 0 aliphatic rings. The van der Waals surface area contributed by atoms with Crippen LogP contribution in [0.15, 0.2) is 47.4 Å². The SMILES string of the molecule is CSc1ccc(/C(=C\c2cc(F)cc(F)c2)CCC(=O)O)cc1. The first-order chi connectivity index (χ1) is 11.0. The predicted molar refractivity (Wildman–Crippen MR) is 89.3 cm³/mol. The highest BCUT2D eigenvalue weighted by Gasteiger charge is 2.07. The number of benzene rings is 2. The molecule has 5 heteroatoms. The lowest BCUT2D eigenvalue weighted by molar-refractivity contribution is -0.136. The van der Waals surface area contributed by atoms with Gasteiger partial charge in [-0.15, -0.1) is 11.8 Å². The van der Waals surface area contributed by atoms with Crippen molar-refractivity contribution in [3.8, 4) is 0 Å². The molecule has 2 nitrogen and oxygen atoms in total. The number of allylic oxidation sites excluding steroid dienone is 1. The molecule has 0 bridgehead atoms. The molecule has 0 saturated heterocycles. The quantitative estimate of drug-likeness (QED) is 0.590. The van der Waals surface area contributed by atoms with Gasteiger partial charge >= 0.3 is 5.97 Å². The first-order valence-electron chi connectivity index (χ1n) is 7.01. The maximum Gasteiger partial charge on any atom is 0.303 e. The van der Waals surface area contributed by atoms with E-state index in [-0.39, 0.29) is 12.8 Å². The van der Waals surface area contributed by atoms with Crippen molar-refractivity contribution >= 4 is 29.4 Å². The molecule has 120 valence electrons. The standard InChI is InChI=1S/C18H16F2O2S/c1-23-17-5-2-13(3-6-17)14(4-7-18(21)22)8-12-9-15(19)11-16(20)10-12/h2-3,5-6,8-11H,4,7H2,1H3,(H,21,22)/b14-8-. The fourth-order valence-electron chi connectivity index (χ4n) is 2.21. The molecule has 1 N–H and O–H groups in total. The Kier molecular flexibility index (Phi) is 5.93. The summed E-state index contributed by atoms with van der Waals surface area (Å²) < 4.78 is 26.7. The van der Waals surface area contributed by atoms with Crippen molar-refractivity contribution in [3.63, 3.8) is 0 Å². The minimum absolute atomic E-state index is 0.0477. The molecule has 2 rings (SSSR count). The van der Waals surface area contributed by atoms with Crippen LogP contribution < -0.4 is 0 Å². The van der Waals surface area contributed by atoms with Gasteiger partial charge in [-0.1, -0.05) is 18.2 Å².